The van der Waals surface area contributed by atoms with Crippen LogP contribution in [0.1, 0.15) is 44.9 Å². The van der Waals surface area contributed by atoms with Crippen molar-refractivity contribution in [3.8, 4) is 5.75 Å². The topological polar surface area (TPSA) is 161 Å². The lowest BCUT2D eigenvalue weighted by Crippen LogP contribution is -2.26. The first-order valence-corrected chi connectivity index (χ1v) is 14.0. The number of aromatic nitrogens is 3. The van der Waals surface area contributed by atoms with Crippen LogP contribution in [0.3, 0.4) is 0 Å². The van der Waals surface area contributed by atoms with E-state index in [0.717, 1.165) is 5.56 Å². The van der Waals surface area contributed by atoms with Gasteiger partial charge in [-0.3, -0.25) is 14.4 Å². The number of anilines is 2. The predicted molar refractivity (Wildman–Crippen MR) is 145 cm³/mol. The minimum Gasteiger partial charge on any atom is -0.482 e. The zero-order chi connectivity index (χ0) is 28.2. The minimum atomic E-state index is -3.59. The third-order valence-electron chi connectivity index (χ3n) is 6.94. The van der Waals surface area contributed by atoms with Gasteiger partial charge in [0.2, 0.25) is 0 Å². The number of nitrogens with zero attached hydrogens (tertiary/aromatic N) is 3. The van der Waals surface area contributed by atoms with E-state index in [-0.39, 0.29) is 41.2 Å². The number of hydrogen-bond acceptors (Lipinski definition) is 9. The van der Waals surface area contributed by atoms with Crippen molar-refractivity contribution in [1.82, 2.24) is 19.9 Å². The molecule has 0 radical (unpaired) electrons. The fourth-order valence-electron chi connectivity index (χ4n) is 5.02. The number of ketones is 1. The first kappa shape index (κ1) is 25.5. The molecule has 40 heavy (non-hydrogen) atoms. The molecule has 1 unspecified atom stereocenters. The van der Waals surface area contributed by atoms with Crippen molar-refractivity contribution in [2.75, 3.05) is 23.0 Å². The quantitative estimate of drug-likeness (QED) is 0.301. The van der Waals surface area contributed by atoms with Crippen molar-refractivity contribution in [2.45, 2.75) is 24.4 Å². The number of hydrogen-bond donors (Lipinski definition) is 3. The molecule has 204 valence electrons. The van der Waals surface area contributed by atoms with Gasteiger partial charge in [-0.05, 0) is 36.2 Å². The van der Waals surface area contributed by atoms with Crippen LogP contribution in [-0.4, -0.2) is 52.9 Å². The number of ether oxygens (including phenoxy) is 1. The van der Waals surface area contributed by atoms with Crippen LogP contribution in [0.25, 0.3) is 11.0 Å². The molecule has 0 spiro atoms. The molecule has 2 aliphatic heterocycles. The Hall–Kier alpha value is -4.78. The fourth-order valence-corrected chi connectivity index (χ4v) is 6.78. The number of aryl methyl sites for hydroxylation is 1. The van der Waals surface area contributed by atoms with Gasteiger partial charge in [-0.25, -0.2) is 18.4 Å². The molecule has 0 fully saturated rings. The van der Waals surface area contributed by atoms with Crippen LogP contribution in [0.15, 0.2) is 53.8 Å². The Bertz CT molecular complexity index is 1850. The highest BCUT2D eigenvalue weighted by molar-refractivity contribution is 7.91. The van der Waals surface area contributed by atoms with Crippen molar-refractivity contribution in [1.29, 1.82) is 0 Å². The van der Waals surface area contributed by atoms with Crippen molar-refractivity contribution >= 4 is 49.8 Å². The Balaban J connectivity index is 1.25. The first-order valence-electron chi connectivity index (χ1n) is 12.4. The zero-order valence-corrected chi connectivity index (χ0v) is 22.3. The highest BCUT2D eigenvalue weighted by Gasteiger charge is 2.36. The molecular weight excluding hydrogens is 536 g/mol. The van der Waals surface area contributed by atoms with Crippen molar-refractivity contribution < 1.29 is 27.5 Å². The summed E-state index contributed by atoms with van der Waals surface area (Å²) in [4.78, 5) is 45.3. The van der Waals surface area contributed by atoms with Crippen molar-refractivity contribution in [3.63, 3.8) is 0 Å². The van der Waals surface area contributed by atoms with Gasteiger partial charge in [-0.1, -0.05) is 18.2 Å². The number of fused-ring (bicyclic) bond motifs is 3. The number of Topliss-reactive ketones (excluding diaryl/α,β-unsaturated/α-hetero) is 1. The zero-order valence-electron chi connectivity index (χ0n) is 21.5. The summed E-state index contributed by atoms with van der Waals surface area (Å²) in [6.07, 6.45) is 3.02. The maximum Gasteiger partial charge on any atom is 0.272 e. The third-order valence-corrected chi connectivity index (χ3v) is 8.74. The van der Waals surface area contributed by atoms with Crippen LogP contribution in [0, 0.1) is 0 Å². The third kappa shape index (κ3) is 4.43. The molecule has 4 aromatic rings. The molecule has 2 aliphatic rings. The molecule has 0 saturated carbocycles. The maximum absolute atomic E-state index is 13.2. The summed E-state index contributed by atoms with van der Waals surface area (Å²) in [6, 6.07) is 9.40. The van der Waals surface area contributed by atoms with Gasteiger partial charge in [0.25, 0.3) is 11.8 Å². The SMILES string of the molecule is CC(=O)c1ccc2c(c1)S(=O)(=O)CC2Nc1cn(C)c2c(C(=O)NCc3ccc4c(c3)NC(=O)CO4)ncnc12. The summed E-state index contributed by atoms with van der Waals surface area (Å²) in [5, 5.41) is 8.86. The second-order valence-electron chi connectivity index (χ2n) is 9.71. The Morgan fingerprint density at radius 3 is 2.80 bits per heavy atom. The number of sulfone groups is 1. The standard InChI is InChI=1S/C27H24N6O6S/c1-14(34)16-4-5-17-20(12-40(37,38)22(17)8-16)31-19-10-33(2)26-24(19)29-13-30-25(26)27(36)28-9-15-3-6-21-18(7-15)32-23(35)11-39-21/h3-8,10,13,20,31H,9,11-12H2,1-2H3,(H,28,36)(H,32,35). The monoisotopic (exact) mass is 560 g/mol. The molecule has 4 heterocycles. The van der Waals surface area contributed by atoms with E-state index in [0.29, 0.717) is 39.3 Å². The summed E-state index contributed by atoms with van der Waals surface area (Å²) >= 11 is 0. The molecule has 1 atom stereocenters. The number of benzene rings is 2. The molecule has 2 aromatic heterocycles. The molecular formula is C27H24N6O6S. The van der Waals surface area contributed by atoms with E-state index in [2.05, 4.69) is 25.9 Å². The Morgan fingerprint density at radius 1 is 1.18 bits per heavy atom. The van der Waals surface area contributed by atoms with Gasteiger partial charge >= 0.3 is 0 Å². The van der Waals surface area contributed by atoms with E-state index < -0.39 is 21.8 Å². The molecule has 2 aromatic carbocycles. The largest absolute Gasteiger partial charge is 0.482 e. The number of carbonyl (C=O) groups is 3. The number of rotatable bonds is 6. The predicted octanol–water partition coefficient (Wildman–Crippen LogP) is 2.37. The van der Waals surface area contributed by atoms with Crippen LogP contribution in [-0.2, 0) is 28.2 Å². The van der Waals surface area contributed by atoms with Gasteiger partial charge in [0.1, 0.15) is 23.1 Å². The lowest BCUT2D eigenvalue weighted by Gasteiger charge is -2.18. The second kappa shape index (κ2) is 9.45. The van der Waals surface area contributed by atoms with Gasteiger partial charge in [0.05, 0.1) is 28.1 Å². The molecule has 0 saturated heterocycles. The Kier molecular flexibility index (Phi) is 6.02. The molecule has 6 rings (SSSR count). The van der Waals surface area contributed by atoms with Gasteiger partial charge in [-0.15, -0.1) is 0 Å². The van der Waals surface area contributed by atoms with E-state index in [1.165, 1.54) is 19.3 Å². The summed E-state index contributed by atoms with van der Waals surface area (Å²) in [7, 11) is -1.84. The maximum atomic E-state index is 13.2. The number of nitrogens with one attached hydrogen (secondary N) is 3. The van der Waals surface area contributed by atoms with E-state index in [1.807, 2.05) is 0 Å². The van der Waals surface area contributed by atoms with E-state index in [9.17, 15) is 22.8 Å². The minimum absolute atomic E-state index is 0.0375. The fraction of sp³-hybridized carbons (Fsp3) is 0.222. The summed E-state index contributed by atoms with van der Waals surface area (Å²) in [5.41, 5.74) is 3.84. The normalized spacial score (nSPS) is 16.9. The molecule has 3 N–H and O–H groups in total. The highest BCUT2D eigenvalue weighted by atomic mass is 32.2. The van der Waals surface area contributed by atoms with Gasteiger partial charge in [0, 0.05) is 25.4 Å². The number of amides is 2. The van der Waals surface area contributed by atoms with Crippen LogP contribution in [0.5, 0.6) is 5.75 Å². The molecule has 13 heteroatoms. The second-order valence-corrected chi connectivity index (χ2v) is 11.7. The van der Waals surface area contributed by atoms with Crippen molar-refractivity contribution in [2.24, 2.45) is 7.05 Å². The van der Waals surface area contributed by atoms with Crippen molar-refractivity contribution in [3.05, 3.63) is 71.3 Å². The average Bonchev–Trinajstić information content (AvgIpc) is 3.38. The van der Waals surface area contributed by atoms with E-state index in [1.54, 1.807) is 48.1 Å². The summed E-state index contributed by atoms with van der Waals surface area (Å²) in [5.74, 6) is -0.495. The summed E-state index contributed by atoms with van der Waals surface area (Å²) in [6.45, 7) is 1.54. The summed E-state index contributed by atoms with van der Waals surface area (Å²) < 4.78 is 32.8. The van der Waals surface area contributed by atoms with E-state index in [4.69, 9.17) is 4.74 Å². The van der Waals surface area contributed by atoms with Crippen LogP contribution in [0.2, 0.25) is 0 Å². The molecule has 0 bridgehead atoms. The highest BCUT2D eigenvalue weighted by Crippen LogP contribution is 2.38. The van der Waals surface area contributed by atoms with Crippen LogP contribution < -0.4 is 20.7 Å². The first-order chi connectivity index (χ1) is 19.1. The van der Waals surface area contributed by atoms with Gasteiger partial charge in [-0.2, -0.15) is 0 Å². The molecule has 12 nitrogen and oxygen atoms in total. The lowest BCUT2D eigenvalue weighted by molar-refractivity contribution is -0.118. The Morgan fingerprint density at radius 2 is 2.00 bits per heavy atom. The molecule has 2 amide bonds. The van der Waals surface area contributed by atoms with Gasteiger partial charge in [0.15, 0.2) is 27.9 Å². The van der Waals surface area contributed by atoms with E-state index >= 15 is 0 Å². The molecule has 0 aliphatic carbocycles. The Labute approximate surface area is 228 Å². The number of carbonyl (C=O) groups excluding carboxylic acids is 3. The van der Waals surface area contributed by atoms with Crippen LogP contribution >= 0.6 is 0 Å². The van der Waals surface area contributed by atoms with Gasteiger partial charge < -0.3 is 25.3 Å². The smallest absolute Gasteiger partial charge is 0.272 e. The lowest BCUT2D eigenvalue weighted by atomic mass is 10.0. The average molecular weight is 561 g/mol. The van der Waals surface area contributed by atoms with Crippen LogP contribution in [0.4, 0.5) is 11.4 Å².